The molecule has 0 unspecified atom stereocenters. The lowest BCUT2D eigenvalue weighted by Crippen LogP contribution is -2.18. The van der Waals surface area contributed by atoms with Gasteiger partial charge in [0.1, 0.15) is 19.0 Å². The first-order valence-electron chi connectivity index (χ1n) is 7.86. The van der Waals surface area contributed by atoms with Crippen molar-refractivity contribution in [2.24, 2.45) is 0 Å². The van der Waals surface area contributed by atoms with Crippen molar-refractivity contribution < 1.29 is 23.7 Å². The van der Waals surface area contributed by atoms with Crippen molar-refractivity contribution >= 4 is 5.97 Å². The Bertz CT molecular complexity index is 721. The van der Waals surface area contributed by atoms with Crippen LogP contribution < -0.4 is 14.2 Å². The first kappa shape index (κ1) is 18.1. The third-order valence-electron chi connectivity index (χ3n) is 3.09. The fourth-order valence-electron chi connectivity index (χ4n) is 1.96. The zero-order valence-electron chi connectivity index (χ0n) is 13.9. The highest BCUT2D eigenvalue weighted by Gasteiger charge is 2.08. The van der Waals surface area contributed by atoms with Crippen LogP contribution >= 0.6 is 0 Å². The van der Waals surface area contributed by atoms with E-state index in [0.29, 0.717) is 29.4 Å². The fraction of sp³-hybridized carbons (Fsp3) is 0.263. The molecule has 0 heterocycles. The molecule has 2 aromatic rings. The van der Waals surface area contributed by atoms with Gasteiger partial charge in [0.15, 0.2) is 18.1 Å². The molecule has 6 heteroatoms. The van der Waals surface area contributed by atoms with Gasteiger partial charge in [0, 0.05) is 0 Å². The molecule has 0 atom stereocenters. The van der Waals surface area contributed by atoms with Crippen LogP contribution in [0.15, 0.2) is 48.5 Å². The number of rotatable bonds is 9. The number of para-hydroxylation sites is 2. The van der Waals surface area contributed by atoms with E-state index in [0.717, 1.165) is 0 Å². The smallest absolute Gasteiger partial charge is 0.344 e. The first-order chi connectivity index (χ1) is 12.2. The molecule has 0 saturated carbocycles. The summed E-state index contributed by atoms with van der Waals surface area (Å²) in [6.45, 7) is 2.50. The fourth-order valence-corrected chi connectivity index (χ4v) is 1.96. The molecular formula is C19H19NO5. The largest absolute Gasteiger partial charge is 0.490 e. The second kappa shape index (κ2) is 9.83. The summed E-state index contributed by atoms with van der Waals surface area (Å²) in [4.78, 5) is 11.7. The Balaban J connectivity index is 1.68. The van der Waals surface area contributed by atoms with Crippen molar-refractivity contribution in [3.63, 3.8) is 0 Å². The Morgan fingerprint density at radius 2 is 1.64 bits per heavy atom. The van der Waals surface area contributed by atoms with Crippen LogP contribution in [0.25, 0.3) is 0 Å². The average molecular weight is 341 g/mol. The number of carbonyl (C=O) groups excluding carboxylic acids is 1. The highest BCUT2D eigenvalue weighted by Crippen LogP contribution is 2.26. The van der Waals surface area contributed by atoms with Crippen LogP contribution in [0.4, 0.5) is 0 Å². The van der Waals surface area contributed by atoms with Crippen LogP contribution in [0.1, 0.15) is 12.5 Å². The maximum absolute atomic E-state index is 11.7. The molecular weight excluding hydrogens is 322 g/mol. The van der Waals surface area contributed by atoms with E-state index in [-0.39, 0.29) is 19.8 Å². The van der Waals surface area contributed by atoms with E-state index in [1.807, 2.05) is 19.1 Å². The van der Waals surface area contributed by atoms with Crippen molar-refractivity contribution in [1.29, 1.82) is 5.26 Å². The molecule has 0 aliphatic heterocycles. The molecule has 0 aliphatic carbocycles. The van der Waals surface area contributed by atoms with Gasteiger partial charge in [-0.3, -0.25) is 0 Å². The monoisotopic (exact) mass is 341 g/mol. The molecule has 2 aromatic carbocycles. The lowest BCUT2D eigenvalue weighted by Gasteiger charge is -2.11. The summed E-state index contributed by atoms with van der Waals surface area (Å²) in [7, 11) is 0. The lowest BCUT2D eigenvalue weighted by molar-refractivity contribution is -0.146. The number of carbonyl (C=O) groups is 1. The molecule has 2 rings (SSSR count). The third kappa shape index (κ3) is 6.07. The predicted molar refractivity (Wildman–Crippen MR) is 90.7 cm³/mol. The molecule has 130 valence electrons. The Kier molecular flexibility index (Phi) is 7.13. The second-order valence-corrected chi connectivity index (χ2v) is 4.87. The van der Waals surface area contributed by atoms with Gasteiger partial charge >= 0.3 is 5.97 Å². The molecule has 0 saturated heterocycles. The predicted octanol–water partition coefficient (Wildman–Crippen LogP) is 2.96. The standard InChI is InChI=1S/C19H19NO5/c1-2-22-17-5-3-4-6-18(17)25-14-19(21)24-12-11-23-16-9-7-15(13-20)8-10-16/h3-10H,2,11-12,14H2,1H3. The van der Waals surface area contributed by atoms with Crippen LogP contribution in [0.3, 0.4) is 0 Å². The van der Waals surface area contributed by atoms with E-state index < -0.39 is 5.97 Å². The van der Waals surface area contributed by atoms with Crippen molar-refractivity contribution in [1.82, 2.24) is 0 Å². The van der Waals surface area contributed by atoms with E-state index in [1.54, 1.807) is 42.5 Å². The molecule has 0 fully saturated rings. The number of nitriles is 1. The minimum atomic E-state index is -0.491. The van der Waals surface area contributed by atoms with Gasteiger partial charge in [0.05, 0.1) is 18.2 Å². The Hall–Kier alpha value is -3.20. The van der Waals surface area contributed by atoms with Gasteiger partial charge in [-0.2, -0.15) is 5.26 Å². The number of hydrogen-bond donors (Lipinski definition) is 0. The molecule has 0 N–H and O–H groups in total. The van der Waals surface area contributed by atoms with E-state index in [2.05, 4.69) is 0 Å². The number of ether oxygens (including phenoxy) is 4. The minimum Gasteiger partial charge on any atom is -0.490 e. The van der Waals surface area contributed by atoms with Gasteiger partial charge in [-0.25, -0.2) is 4.79 Å². The summed E-state index contributed by atoms with van der Waals surface area (Å²) in [5.41, 5.74) is 0.559. The Morgan fingerprint density at radius 1 is 0.960 bits per heavy atom. The summed E-state index contributed by atoms with van der Waals surface area (Å²) in [6.07, 6.45) is 0. The van der Waals surface area contributed by atoms with E-state index in [9.17, 15) is 4.79 Å². The Morgan fingerprint density at radius 3 is 2.28 bits per heavy atom. The van der Waals surface area contributed by atoms with Crippen LogP contribution in [-0.4, -0.2) is 32.4 Å². The molecule has 0 spiro atoms. The summed E-state index contributed by atoms with van der Waals surface area (Å²) < 4.78 is 21.3. The molecule has 0 aromatic heterocycles. The van der Waals surface area contributed by atoms with Crippen LogP contribution in [-0.2, 0) is 9.53 Å². The van der Waals surface area contributed by atoms with E-state index >= 15 is 0 Å². The van der Waals surface area contributed by atoms with Gasteiger partial charge in [-0.15, -0.1) is 0 Å². The maximum Gasteiger partial charge on any atom is 0.344 e. The third-order valence-corrected chi connectivity index (χ3v) is 3.09. The normalized spacial score (nSPS) is 9.76. The second-order valence-electron chi connectivity index (χ2n) is 4.87. The van der Waals surface area contributed by atoms with Crippen molar-refractivity contribution in [2.45, 2.75) is 6.92 Å². The molecule has 0 radical (unpaired) electrons. The highest BCUT2D eigenvalue weighted by atomic mass is 16.6. The molecule has 0 amide bonds. The van der Waals surface area contributed by atoms with Crippen molar-refractivity contribution in [3.05, 3.63) is 54.1 Å². The van der Waals surface area contributed by atoms with Crippen LogP contribution in [0.5, 0.6) is 17.2 Å². The zero-order valence-corrected chi connectivity index (χ0v) is 13.9. The van der Waals surface area contributed by atoms with Gasteiger partial charge in [0.25, 0.3) is 0 Å². The zero-order chi connectivity index (χ0) is 17.9. The summed E-state index contributed by atoms with van der Waals surface area (Å²) in [6, 6.07) is 15.9. The van der Waals surface area contributed by atoms with Gasteiger partial charge in [0.2, 0.25) is 0 Å². The van der Waals surface area contributed by atoms with Crippen molar-refractivity contribution in [3.8, 4) is 23.3 Å². The minimum absolute atomic E-state index is 0.106. The SMILES string of the molecule is CCOc1ccccc1OCC(=O)OCCOc1ccc(C#N)cc1. The quantitative estimate of drug-likeness (QED) is 0.515. The number of benzene rings is 2. The van der Waals surface area contributed by atoms with Gasteiger partial charge < -0.3 is 18.9 Å². The number of esters is 1. The number of hydrogen-bond acceptors (Lipinski definition) is 6. The Labute approximate surface area is 146 Å². The highest BCUT2D eigenvalue weighted by molar-refractivity contribution is 5.71. The maximum atomic E-state index is 11.7. The summed E-state index contributed by atoms with van der Waals surface area (Å²) >= 11 is 0. The lowest BCUT2D eigenvalue weighted by atomic mass is 10.2. The van der Waals surface area contributed by atoms with Crippen molar-refractivity contribution in [2.75, 3.05) is 26.4 Å². The molecule has 0 aliphatic rings. The molecule has 6 nitrogen and oxygen atoms in total. The summed E-state index contributed by atoms with van der Waals surface area (Å²) in [5.74, 6) is 1.20. The van der Waals surface area contributed by atoms with E-state index in [4.69, 9.17) is 24.2 Å². The van der Waals surface area contributed by atoms with Gasteiger partial charge in [-0.05, 0) is 43.3 Å². The molecule has 25 heavy (non-hydrogen) atoms. The number of nitrogens with zero attached hydrogens (tertiary/aromatic N) is 1. The van der Waals surface area contributed by atoms with E-state index in [1.165, 1.54) is 0 Å². The van der Waals surface area contributed by atoms with Crippen LogP contribution in [0.2, 0.25) is 0 Å². The summed E-state index contributed by atoms with van der Waals surface area (Å²) in [5, 5.41) is 8.72. The topological polar surface area (TPSA) is 77.8 Å². The molecule has 0 bridgehead atoms. The first-order valence-corrected chi connectivity index (χ1v) is 7.86. The van der Waals surface area contributed by atoms with Gasteiger partial charge in [-0.1, -0.05) is 12.1 Å². The average Bonchev–Trinajstić information content (AvgIpc) is 2.65. The van der Waals surface area contributed by atoms with Crippen LogP contribution in [0, 0.1) is 11.3 Å².